The number of rotatable bonds is 72. The van der Waals surface area contributed by atoms with E-state index in [1.807, 2.05) is 0 Å². The van der Waals surface area contributed by atoms with Crippen molar-refractivity contribution in [2.45, 2.75) is 395 Å². The maximum Gasteiger partial charge on any atom is 0.472 e. The topological polar surface area (TPSA) is 237 Å². The highest BCUT2D eigenvalue weighted by molar-refractivity contribution is 7.47. The van der Waals surface area contributed by atoms with E-state index in [9.17, 15) is 43.2 Å². The van der Waals surface area contributed by atoms with Crippen molar-refractivity contribution >= 4 is 39.5 Å². The molecule has 0 bridgehead atoms. The summed E-state index contributed by atoms with van der Waals surface area (Å²) < 4.78 is 68.5. The minimum Gasteiger partial charge on any atom is -0.462 e. The van der Waals surface area contributed by atoms with Crippen molar-refractivity contribution in [2.75, 3.05) is 39.6 Å². The number of phosphoric acid groups is 2. The molecule has 3 N–H and O–H groups in total. The van der Waals surface area contributed by atoms with Crippen LogP contribution in [0.25, 0.3) is 0 Å². The molecule has 0 saturated heterocycles. The van der Waals surface area contributed by atoms with Gasteiger partial charge in [0.2, 0.25) is 0 Å². The summed E-state index contributed by atoms with van der Waals surface area (Å²) in [4.78, 5) is 72.8. The number of hydrogen-bond donors (Lipinski definition) is 3. The summed E-state index contributed by atoms with van der Waals surface area (Å²) in [5, 5.41) is 10.6. The Hall–Kier alpha value is -1.94. The number of carbonyl (C=O) groups excluding carboxylic acids is 4. The predicted octanol–water partition coefficient (Wildman–Crippen LogP) is 21.7. The molecular weight excluding hydrogens is 1230 g/mol. The lowest BCUT2D eigenvalue weighted by molar-refractivity contribution is -0.161. The second-order valence-electron chi connectivity index (χ2n) is 28.7. The summed E-state index contributed by atoms with van der Waals surface area (Å²) in [6.07, 6.45) is 48.6. The van der Waals surface area contributed by atoms with E-state index in [-0.39, 0.29) is 25.7 Å². The average Bonchev–Trinajstić information content (AvgIpc) is 1.80. The third kappa shape index (κ3) is 67.3. The molecule has 0 aliphatic heterocycles. The molecular formula is C75H146O17P2. The second-order valence-corrected chi connectivity index (χ2v) is 31.6. The van der Waals surface area contributed by atoms with Crippen molar-refractivity contribution in [1.82, 2.24) is 0 Å². The summed E-state index contributed by atoms with van der Waals surface area (Å²) >= 11 is 0. The maximum absolute atomic E-state index is 13.1. The fraction of sp³-hybridized carbons (Fsp3) is 0.947. The molecule has 0 aliphatic rings. The first-order chi connectivity index (χ1) is 45.1. The lowest BCUT2D eigenvalue weighted by atomic mass is 9.99. The average molecular weight is 1380 g/mol. The van der Waals surface area contributed by atoms with Gasteiger partial charge in [-0.1, -0.05) is 325 Å². The quantitative estimate of drug-likeness (QED) is 0.0222. The Bertz CT molecular complexity index is 1850. The molecule has 0 heterocycles. The number of hydrogen-bond acceptors (Lipinski definition) is 15. The molecule has 0 aromatic rings. The molecule has 0 aromatic heterocycles. The fourth-order valence-electron chi connectivity index (χ4n) is 11.3. The molecule has 4 unspecified atom stereocenters. The molecule has 0 aliphatic carbocycles. The Balaban J connectivity index is 5.25. The van der Waals surface area contributed by atoms with Gasteiger partial charge in [-0.2, -0.15) is 0 Å². The van der Waals surface area contributed by atoms with Crippen LogP contribution in [0, 0.1) is 23.7 Å². The van der Waals surface area contributed by atoms with Crippen LogP contribution in [-0.4, -0.2) is 96.7 Å². The summed E-state index contributed by atoms with van der Waals surface area (Å²) in [6, 6.07) is 0. The molecule has 19 heteroatoms. The third-order valence-corrected chi connectivity index (χ3v) is 19.6. The molecule has 0 fully saturated rings. The first-order valence-corrected chi connectivity index (χ1v) is 41.7. The van der Waals surface area contributed by atoms with Gasteiger partial charge < -0.3 is 33.8 Å². The van der Waals surface area contributed by atoms with Crippen molar-refractivity contribution in [1.29, 1.82) is 0 Å². The van der Waals surface area contributed by atoms with E-state index < -0.39 is 97.5 Å². The van der Waals surface area contributed by atoms with Crippen molar-refractivity contribution in [3.8, 4) is 0 Å². The van der Waals surface area contributed by atoms with Crippen LogP contribution in [0.5, 0.6) is 0 Å². The summed E-state index contributed by atoms with van der Waals surface area (Å²) in [7, 11) is -9.91. The number of aliphatic hydroxyl groups excluding tert-OH is 1. The van der Waals surface area contributed by atoms with Gasteiger partial charge in [0.1, 0.15) is 19.3 Å². The number of unbranched alkanes of at least 4 members (excludes halogenated alkanes) is 37. The lowest BCUT2D eigenvalue weighted by Gasteiger charge is -2.21. The molecule has 558 valence electrons. The number of ether oxygens (including phenoxy) is 4. The molecule has 0 aromatic carbocycles. The Morgan fingerprint density at radius 1 is 0.298 bits per heavy atom. The van der Waals surface area contributed by atoms with Gasteiger partial charge in [-0.15, -0.1) is 0 Å². The predicted molar refractivity (Wildman–Crippen MR) is 381 cm³/mol. The van der Waals surface area contributed by atoms with Gasteiger partial charge in [-0.25, -0.2) is 9.13 Å². The van der Waals surface area contributed by atoms with E-state index >= 15 is 0 Å². The SMILES string of the molecule is CCC(C)CCCCCCCCCCCCCCCCC(=O)O[C@H](COC(=O)CCCCCCCCCCCCCC(C)C)COP(=O)(O)OCC(O)COP(=O)(O)OC[C@@H](COC(=O)CCCCCCCCCC(C)C)OC(=O)CCCCCCCCCCCC(C)C. The highest BCUT2D eigenvalue weighted by Crippen LogP contribution is 2.45. The third-order valence-electron chi connectivity index (χ3n) is 17.7. The number of aliphatic hydroxyl groups is 1. The highest BCUT2D eigenvalue weighted by Gasteiger charge is 2.30. The largest absolute Gasteiger partial charge is 0.472 e. The van der Waals surface area contributed by atoms with Crippen LogP contribution < -0.4 is 0 Å². The Kier molecular flexibility index (Phi) is 63.1. The van der Waals surface area contributed by atoms with Gasteiger partial charge in [0.25, 0.3) is 0 Å². The molecule has 0 spiro atoms. The Morgan fingerprint density at radius 3 is 0.755 bits per heavy atom. The van der Waals surface area contributed by atoms with Crippen molar-refractivity contribution in [2.24, 2.45) is 23.7 Å². The van der Waals surface area contributed by atoms with Crippen LogP contribution in [0.1, 0.15) is 376 Å². The van der Waals surface area contributed by atoms with Gasteiger partial charge in [-0.05, 0) is 49.4 Å². The lowest BCUT2D eigenvalue weighted by Crippen LogP contribution is -2.30. The molecule has 17 nitrogen and oxygen atoms in total. The zero-order valence-corrected chi connectivity index (χ0v) is 63.4. The summed E-state index contributed by atoms with van der Waals surface area (Å²) in [6.45, 7) is 14.2. The summed E-state index contributed by atoms with van der Waals surface area (Å²) in [5.41, 5.74) is 0. The number of esters is 4. The molecule has 0 radical (unpaired) electrons. The Morgan fingerprint density at radius 2 is 0.511 bits per heavy atom. The van der Waals surface area contributed by atoms with Crippen LogP contribution in [0.2, 0.25) is 0 Å². The van der Waals surface area contributed by atoms with Crippen LogP contribution in [-0.2, 0) is 65.4 Å². The van der Waals surface area contributed by atoms with E-state index in [1.165, 1.54) is 173 Å². The van der Waals surface area contributed by atoms with E-state index in [4.69, 9.17) is 37.0 Å². The standard InChI is InChI=1S/C75H146O17P2/c1-9-68(8)54-46-38-30-22-16-12-10-11-13-17-24-32-41-49-57-74(79)91-70(61-85-72(77)55-47-39-31-23-18-14-15-20-27-35-43-51-65(2)3)63-89-93(81,82)87-59-69(76)60-88-94(83,84)90-64-71(62-86-73(78)56-48-40-34-26-29-37-45-53-67(6)7)92-75(80)58-50-42-33-25-19-21-28-36-44-52-66(4)5/h65-71,76H,9-64H2,1-8H3,(H,81,82)(H,83,84)/t68?,69?,70-,71-/m1/s1. The van der Waals surface area contributed by atoms with E-state index in [0.717, 1.165) is 114 Å². The van der Waals surface area contributed by atoms with Crippen LogP contribution in [0.15, 0.2) is 0 Å². The zero-order valence-electron chi connectivity index (χ0n) is 61.6. The molecule has 94 heavy (non-hydrogen) atoms. The van der Waals surface area contributed by atoms with Crippen LogP contribution >= 0.6 is 15.6 Å². The Labute approximate surface area is 575 Å². The highest BCUT2D eigenvalue weighted by atomic mass is 31.2. The monoisotopic (exact) mass is 1380 g/mol. The number of phosphoric ester groups is 2. The molecule has 0 rings (SSSR count). The minimum absolute atomic E-state index is 0.104. The van der Waals surface area contributed by atoms with Crippen LogP contribution in [0.4, 0.5) is 0 Å². The van der Waals surface area contributed by atoms with Gasteiger partial charge in [0.15, 0.2) is 12.2 Å². The van der Waals surface area contributed by atoms with Gasteiger partial charge in [0.05, 0.1) is 26.4 Å². The summed E-state index contributed by atoms with van der Waals surface area (Å²) in [5.74, 6) is 0.935. The first-order valence-electron chi connectivity index (χ1n) is 38.7. The van der Waals surface area contributed by atoms with Crippen LogP contribution in [0.3, 0.4) is 0 Å². The minimum atomic E-state index is -4.96. The van der Waals surface area contributed by atoms with Crippen molar-refractivity contribution in [3.05, 3.63) is 0 Å². The second kappa shape index (κ2) is 64.4. The smallest absolute Gasteiger partial charge is 0.462 e. The van der Waals surface area contributed by atoms with Gasteiger partial charge in [-0.3, -0.25) is 37.3 Å². The molecule has 6 atom stereocenters. The van der Waals surface area contributed by atoms with E-state index in [1.54, 1.807) is 0 Å². The van der Waals surface area contributed by atoms with Gasteiger partial charge >= 0.3 is 39.5 Å². The number of carbonyl (C=O) groups is 4. The maximum atomic E-state index is 13.1. The van der Waals surface area contributed by atoms with Gasteiger partial charge in [0, 0.05) is 25.7 Å². The van der Waals surface area contributed by atoms with Crippen molar-refractivity contribution < 1.29 is 80.2 Å². The normalized spacial score (nSPS) is 14.4. The first kappa shape index (κ1) is 92.1. The van der Waals surface area contributed by atoms with E-state index in [2.05, 4.69) is 55.4 Å². The van der Waals surface area contributed by atoms with Crippen molar-refractivity contribution in [3.63, 3.8) is 0 Å². The fourth-order valence-corrected chi connectivity index (χ4v) is 12.9. The van der Waals surface area contributed by atoms with E-state index in [0.29, 0.717) is 31.6 Å². The zero-order chi connectivity index (χ0) is 69.6. The molecule has 0 amide bonds. The molecule has 0 saturated carbocycles.